The highest BCUT2D eigenvalue weighted by atomic mass is 19.1. The number of carbonyl (C=O) groups excluding carboxylic acids is 1. The van der Waals surface area contributed by atoms with Gasteiger partial charge in [-0.2, -0.15) is 5.10 Å². The summed E-state index contributed by atoms with van der Waals surface area (Å²) >= 11 is 0. The Morgan fingerprint density at radius 1 is 1.38 bits per heavy atom. The van der Waals surface area contributed by atoms with E-state index in [1.54, 1.807) is 22.9 Å². The first-order chi connectivity index (χ1) is 12.4. The molecule has 1 aromatic carbocycles. The van der Waals surface area contributed by atoms with Crippen LogP contribution < -0.4 is 0 Å². The number of nitrogens with zero attached hydrogens (tertiary/aromatic N) is 3. The maximum absolute atomic E-state index is 14.4. The molecule has 3 atom stereocenters. The number of benzene rings is 1. The fraction of sp³-hybridized carbons (Fsp3) is 0.381. The Morgan fingerprint density at radius 3 is 2.81 bits per heavy atom. The van der Waals surface area contributed by atoms with E-state index in [2.05, 4.69) is 11.8 Å². The predicted octanol–water partition coefficient (Wildman–Crippen LogP) is 4.07. The zero-order valence-electron chi connectivity index (χ0n) is 15.1. The van der Waals surface area contributed by atoms with Gasteiger partial charge in [0.25, 0.3) is 0 Å². The molecule has 5 heteroatoms. The van der Waals surface area contributed by atoms with E-state index in [9.17, 15) is 9.18 Å². The van der Waals surface area contributed by atoms with Gasteiger partial charge in [-0.1, -0.05) is 32.1 Å². The van der Waals surface area contributed by atoms with Crippen molar-refractivity contribution in [1.29, 1.82) is 0 Å². The fourth-order valence-corrected chi connectivity index (χ4v) is 4.81. The summed E-state index contributed by atoms with van der Waals surface area (Å²) in [4.78, 5) is 15.9. The van der Waals surface area contributed by atoms with Crippen LogP contribution >= 0.6 is 0 Å². The van der Waals surface area contributed by atoms with Crippen molar-refractivity contribution >= 4 is 5.78 Å². The quantitative estimate of drug-likeness (QED) is 0.728. The van der Waals surface area contributed by atoms with Crippen molar-refractivity contribution in [2.75, 3.05) is 0 Å². The van der Waals surface area contributed by atoms with Crippen LogP contribution in [-0.4, -0.2) is 15.6 Å². The highest BCUT2D eigenvalue weighted by Gasteiger charge is 2.50. The lowest BCUT2D eigenvalue weighted by atomic mass is 9.58. The van der Waals surface area contributed by atoms with Crippen LogP contribution in [0.2, 0.25) is 0 Å². The number of rotatable bonds is 1. The smallest absolute Gasteiger partial charge is 0.226 e. The molecule has 2 aliphatic rings. The normalized spacial score (nSPS) is 27.3. The van der Waals surface area contributed by atoms with Gasteiger partial charge < -0.3 is 4.79 Å². The van der Waals surface area contributed by atoms with Gasteiger partial charge in [-0.05, 0) is 30.9 Å². The first-order valence-corrected chi connectivity index (χ1v) is 8.84. The molecule has 0 bridgehead atoms. The highest BCUT2D eigenvalue weighted by Crippen LogP contribution is 2.51. The van der Waals surface area contributed by atoms with E-state index in [1.807, 2.05) is 20.0 Å². The molecule has 0 aliphatic heterocycles. The second kappa shape index (κ2) is 5.63. The molecule has 0 saturated carbocycles. The topological polar surface area (TPSA) is 39.2 Å². The number of carbonyl (C=O) groups is 1. The summed E-state index contributed by atoms with van der Waals surface area (Å²) < 4.78 is 16.2. The maximum atomic E-state index is 14.4. The second-order valence-electron chi connectivity index (χ2n) is 7.50. The Bertz CT molecular complexity index is 997. The number of aromatic nitrogens is 2. The van der Waals surface area contributed by atoms with Gasteiger partial charge >= 0.3 is 0 Å². The van der Waals surface area contributed by atoms with Crippen LogP contribution in [0.4, 0.5) is 4.39 Å². The molecule has 1 aromatic heterocycles. The summed E-state index contributed by atoms with van der Waals surface area (Å²) in [5.41, 5.74) is 2.94. The number of aryl methyl sites for hydroxylation is 1. The molecule has 0 radical (unpaired) electrons. The Morgan fingerprint density at radius 2 is 2.12 bits per heavy atom. The van der Waals surface area contributed by atoms with E-state index in [0.29, 0.717) is 5.56 Å². The van der Waals surface area contributed by atoms with Crippen molar-refractivity contribution in [2.24, 2.45) is 18.9 Å². The SMILES string of the molecule is [C-]#[N+]C1=C[C@]2(C)c3nn(C)c(-c4ccccc4F)c3CC[C@H]2[C@H](C)C1=O. The molecular formula is C21H20FN3O. The number of Topliss-reactive ketones (excluding diaryl/α,β-unsaturated/α-hetero) is 1. The number of fused-ring (bicyclic) bond motifs is 3. The third-order valence-corrected chi connectivity index (χ3v) is 6.09. The van der Waals surface area contributed by atoms with Gasteiger partial charge in [0, 0.05) is 29.5 Å². The molecule has 4 nitrogen and oxygen atoms in total. The average molecular weight is 349 g/mol. The fourth-order valence-electron chi connectivity index (χ4n) is 4.81. The van der Waals surface area contributed by atoms with E-state index in [0.717, 1.165) is 29.8 Å². The zero-order valence-corrected chi connectivity index (χ0v) is 15.1. The number of hydrogen-bond donors (Lipinski definition) is 0. The molecule has 0 amide bonds. The second-order valence-corrected chi connectivity index (χ2v) is 7.50. The van der Waals surface area contributed by atoms with Crippen molar-refractivity contribution in [3.05, 3.63) is 64.5 Å². The minimum Gasteiger partial charge on any atom is -0.308 e. The van der Waals surface area contributed by atoms with Crippen LogP contribution in [0.25, 0.3) is 16.1 Å². The summed E-state index contributed by atoms with van der Waals surface area (Å²) in [6, 6.07) is 6.73. The molecule has 0 fully saturated rings. The highest BCUT2D eigenvalue weighted by molar-refractivity contribution is 6.00. The van der Waals surface area contributed by atoms with Crippen LogP contribution in [0, 0.1) is 24.2 Å². The Balaban J connectivity index is 1.96. The number of ketones is 1. The number of halogens is 1. The van der Waals surface area contributed by atoms with E-state index in [1.165, 1.54) is 6.07 Å². The van der Waals surface area contributed by atoms with Crippen LogP contribution in [0.5, 0.6) is 0 Å². The molecule has 1 heterocycles. The third-order valence-electron chi connectivity index (χ3n) is 6.09. The van der Waals surface area contributed by atoms with Gasteiger partial charge in [-0.3, -0.25) is 4.68 Å². The molecule has 26 heavy (non-hydrogen) atoms. The monoisotopic (exact) mass is 349 g/mol. The van der Waals surface area contributed by atoms with E-state index in [4.69, 9.17) is 11.7 Å². The summed E-state index contributed by atoms with van der Waals surface area (Å²) in [6.07, 6.45) is 3.38. The lowest BCUT2D eigenvalue weighted by molar-refractivity contribution is -0.121. The molecule has 0 unspecified atom stereocenters. The summed E-state index contributed by atoms with van der Waals surface area (Å²) in [6.45, 7) is 11.3. The van der Waals surface area contributed by atoms with Crippen LogP contribution in [0.3, 0.4) is 0 Å². The van der Waals surface area contributed by atoms with E-state index < -0.39 is 5.41 Å². The molecule has 0 saturated heterocycles. The van der Waals surface area contributed by atoms with Crippen molar-refractivity contribution in [3.8, 4) is 11.3 Å². The van der Waals surface area contributed by atoms with Crippen LogP contribution in [-0.2, 0) is 23.7 Å². The molecule has 2 aliphatic carbocycles. The first kappa shape index (κ1) is 16.7. The van der Waals surface area contributed by atoms with Gasteiger partial charge in [0.15, 0.2) is 5.78 Å². The molecule has 0 N–H and O–H groups in total. The van der Waals surface area contributed by atoms with Gasteiger partial charge in [0.1, 0.15) is 5.82 Å². The van der Waals surface area contributed by atoms with Gasteiger partial charge in [0.2, 0.25) is 5.70 Å². The van der Waals surface area contributed by atoms with Crippen LogP contribution in [0.1, 0.15) is 31.5 Å². The van der Waals surface area contributed by atoms with E-state index >= 15 is 0 Å². The largest absolute Gasteiger partial charge is 0.308 e. The average Bonchev–Trinajstić information content (AvgIpc) is 2.96. The molecule has 2 aromatic rings. The van der Waals surface area contributed by atoms with Crippen LogP contribution in [0.15, 0.2) is 36.0 Å². The Labute approximate surface area is 152 Å². The molecule has 132 valence electrons. The molecule has 0 spiro atoms. The predicted molar refractivity (Wildman–Crippen MR) is 96.6 cm³/mol. The van der Waals surface area contributed by atoms with Crippen molar-refractivity contribution in [3.63, 3.8) is 0 Å². The maximum Gasteiger partial charge on any atom is 0.226 e. The molecule has 4 rings (SSSR count). The van der Waals surface area contributed by atoms with Gasteiger partial charge in [0.05, 0.1) is 18.0 Å². The lowest BCUT2D eigenvalue weighted by Gasteiger charge is -2.44. The Kier molecular flexibility index (Phi) is 3.62. The standard InChI is InChI=1S/C21H20FN3O/c1-12-15-10-9-14-18(13-7-5-6-8-16(13)22)25(4)24-20(14)21(15,2)11-17(23-3)19(12)26/h5-8,11-12,15H,9-10H2,1-2,4H3/t12-,15-,21-/m0/s1. The summed E-state index contributed by atoms with van der Waals surface area (Å²) in [5, 5.41) is 4.74. The number of allylic oxidation sites excluding steroid dienone is 2. The molecular weight excluding hydrogens is 329 g/mol. The summed E-state index contributed by atoms with van der Waals surface area (Å²) in [7, 11) is 1.83. The zero-order chi connectivity index (χ0) is 18.6. The van der Waals surface area contributed by atoms with Crippen molar-refractivity contribution in [2.45, 2.75) is 32.1 Å². The van der Waals surface area contributed by atoms with Crippen molar-refractivity contribution < 1.29 is 9.18 Å². The third kappa shape index (κ3) is 2.11. The number of hydrogen-bond acceptors (Lipinski definition) is 2. The van der Waals surface area contributed by atoms with Crippen molar-refractivity contribution in [1.82, 2.24) is 9.78 Å². The minimum atomic E-state index is -0.484. The Hall–Kier alpha value is -2.74. The van der Waals surface area contributed by atoms with Gasteiger partial charge in [-0.15, -0.1) is 0 Å². The van der Waals surface area contributed by atoms with Gasteiger partial charge in [-0.25, -0.2) is 9.24 Å². The van der Waals surface area contributed by atoms with E-state index in [-0.39, 0.29) is 29.1 Å². The minimum absolute atomic E-state index is 0.0730. The first-order valence-electron chi connectivity index (χ1n) is 8.84. The lowest BCUT2D eigenvalue weighted by Crippen LogP contribution is -2.45. The summed E-state index contributed by atoms with van der Waals surface area (Å²) in [5.74, 6) is -0.441.